The van der Waals surface area contributed by atoms with Gasteiger partial charge in [-0.15, -0.1) is 0 Å². The lowest BCUT2D eigenvalue weighted by molar-refractivity contribution is -0.146. The third-order valence-electron chi connectivity index (χ3n) is 2.37. The average molecular weight is 332 g/mol. The van der Waals surface area contributed by atoms with Crippen molar-refractivity contribution in [2.75, 3.05) is 19.8 Å². The number of esters is 1. The molecule has 0 amide bonds. The Morgan fingerprint density at radius 2 is 2.11 bits per heavy atom. The lowest BCUT2D eigenvalue weighted by Gasteiger charge is -2.08. The van der Waals surface area contributed by atoms with E-state index in [9.17, 15) is 9.59 Å². The van der Waals surface area contributed by atoms with Gasteiger partial charge < -0.3 is 14.0 Å². The van der Waals surface area contributed by atoms with Crippen LogP contribution in [0.1, 0.15) is 18.9 Å². The van der Waals surface area contributed by atoms with Gasteiger partial charge in [0.1, 0.15) is 13.2 Å². The number of halogens is 1. The Balaban J connectivity index is 2.47. The van der Waals surface area contributed by atoms with E-state index in [-0.39, 0.29) is 18.7 Å². The van der Waals surface area contributed by atoms with Gasteiger partial charge in [-0.2, -0.15) is 0 Å². The minimum atomic E-state index is -0.445. The molecule has 1 aromatic heterocycles. The molecule has 0 atom stereocenters. The lowest BCUT2D eigenvalue weighted by Crippen LogP contribution is -2.27. The molecule has 0 radical (unpaired) electrons. The molecule has 0 bridgehead atoms. The zero-order valence-corrected chi connectivity index (χ0v) is 12.7. The lowest BCUT2D eigenvalue weighted by atomic mass is 10.3. The number of hydrogen-bond donors (Lipinski definition) is 0. The van der Waals surface area contributed by atoms with Crippen LogP contribution in [0.4, 0.5) is 0 Å². The summed E-state index contributed by atoms with van der Waals surface area (Å²) in [5.74, 6) is -0.445. The molecular formula is C13H18BrNO4. The number of rotatable bonds is 7. The smallest absolute Gasteiger partial charge is 0.326 e. The number of ether oxygens (including phenoxy) is 2. The maximum atomic E-state index is 11.8. The summed E-state index contributed by atoms with van der Waals surface area (Å²) in [6.07, 6.45) is 2.50. The molecule has 1 rings (SSSR count). The topological polar surface area (TPSA) is 57.5 Å². The van der Waals surface area contributed by atoms with Crippen LogP contribution in [0.15, 0.2) is 21.5 Å². The van der Waals surface area contributed by atoms with Crippen LogP contribution in [0.25, 0.3) is 0 Å². The second kappa shape index (κ2) is 8.12. The van der Waals surface area contributed by atoms with E-state index in [0.717, 1.165) is 10.9 Å². The molecule has 1 heterocycles. The number of pyridine rings is 1. The normalized spacial score (nSPS) is 10.5. The Morgan fingerprint density at radius 1 is 1.37 bits per heavy atom. The van der Waals surface area contributed by atoms with Crippen LogP contribution >= 0.6 is 15.9 Å². The van der Waals surface area contributed by atoms with Gasteiger partial charge in [0.05, 0.1) is 6.61 Å². The fourth-order valence-corrected chi connectivity index (χ4v) is 2.09. The zero-order valence-electron chi connectivity index (χ0n) is 11.1. The van der Waals surface area contributed by atoms with Gasteiger partial charge >= 0.3 is 5.97 Å². The molecule has 0 aromatic carbocycles. The van der Waals surface area contributed by atoms with E-state index in [1.54, 1.807) is 19.2 Å². The highest BCUT2D eigenvalue weighted by atomic mass is 79.9. The van der Waals surface area contributed by atoms with Gasteiger partial charge in [0.25, 0.3) is 5.56 Å². The van der Waals surface area contributed by atoms with Gasteiger partial charge in [-0.05, 0) is 35.3 Å². The molecule has 0 fully saturated rings. The Bertz CT molecular complexity index is 484. The minimum absolute atomic E-state index is 0.0904. The van der Waals surface area contributed by atoms with Crippen molar-refractivity contribution in [2.45, 2.75) is 26.8 Å². The molecule has 0 saturated carbocycles. The minimum Gasteiger partial charge on any atom is -0.462 e. The van der Waals surface area contributed by atoms with Crippen LogP contribution in [-0.4, -0.2) is 30.4 Å². The van der Waals surface area contributed by atoms with E-state index in [2.05, 4.69) is 15.9 Å². The second-order valence-corrected chi connectivity index (χ2v) is 5.02. The largest absolute Gasteiger partial charge is 0.462 e. The third-order valence-corrected chi connectivity index (χ3v) is 2.80. The molecule has 0 aliphatic carbocycles. The van der Waals surface area contributed by atoms with Crippen molar-refractivity contribution in [1.29, 1.82) is 0 Å². The van der Waals surface area contributed by atoms with E-state index in [0.29, 0.717) is 18.8 Å². The number of hydrogen-bond acceptors (Lipinski definition) is 4. The zero-order chi connectivity index (χ0) is 14.3. The first-order chi connectivity index (χ1) is 9.04. The van der Waals surface area contributed by atoms with Crippen molar-refractivity contribution >= 4 is 21.9 Å². The van der Waals surface area contributed by atoms with Crippen LogP contribution in [0.5, 0.6) is 0 Å². The maximum Gasteiger partial charge on any atom is 0.326 e. The Morgan fingerprint density at radius 3 is 2.79 bits per heavy atom. The average Bonchev–Trinajstić information content (AvgIpc) is 2.35. The number of nitrogens with zero attached hydrogens (tertiary/aromatic N) is 1. The van der Waals surface area contributed by atoms with E-state index < -0.39 is 5.97 Å². The standard InChI is InChI=1S/C13H18BrNO4/c1-3-4-18-5-6-19-12(16)9-15-8-11(14)7-10(2)13(15)17/h7-8H,3-6,9H2,1-2H3. The molecule has 106 valence electrons. The van der Waals surface area contributed by atoms with Crippen LogP contribution in [0.2, 0.25) is 0 Å². The van der Waals surface area contributed by atoms with Gasteiger partial charge in [-0.25, -0.2) is 0 Å². The molecular weight excluding hydrogens is 314 g/mol. The summed E-state index contributed by atoms with van der Waals surface area (Å²) in [5.41, 5.74) is 0.385. The highest BCUT2D eigenvalue weighted by Crippen LogP contribution is 2.07. The Hall–Kier alpha value is -1.14. The number of aromatic nitrogens is 1. The predicted octanol–water partition coefficient (Wildman–Crippen LogP) is 1.89. The molecule has 0 spiro atoms. The number of carbonyl (C=O) groups excluding carboxylic acids is 1. The predicted molar refractivity (Wildman–Crippen MR) is 75.2 cm³/mol. The van der Waals surface area contributed by atoms with Gasteiger partial charge in [-0.3, -0.25) is 9.59 Å². The molecule has 19 heavy (non-hydrogen) atoms. The van der Waals surface area contributed by atoms with Crippen LogP contribution in [-0.2, 0) is 20.8 Å². The van der Waals surface area contributed by atoms with Crippen LogP contribution in [0, 0.1) is 6.92 Å². The summed E-state index contributed by atoms with van der Waals surface area (Å²) in [4.78, 5) is 23.3. The molecule has 0 unspecified atom stereocenters. The Kier molecular flexibility index (Phi) is 6.80. The third kappa shape index (κ3) is 5.57. The van der Waals surface area contributed by atoms with Crippen molar-refractivity contribution in [3.8, 4) is 0 Å². The molecule has 5 nitrogen and oxygen atoms in total. The second-order valence-electron chi connectivity index (χ2n) is 4.11. The van der Waals surface area contributed by atoms with Gasteiger partial charge in [-0.1, -0.05) is 6.92 Å². The quantitative estimate of drug-likeness (QED) is 0.565. The van der Waals surface area contributed by atoms with E-state index >= 15 is 0 Å². The molecule has 1 aromatic rings. The number of carbonyl (C=O) groups is 1. The van der Waals surface area contributed by atoms with Crippen molar-refractivity contribution in [3.05, 3.63) is 32.7 Å². The van der Waals surface area contributed by atoms with E-state index in [4.69, 9.17) is 9.47 Å². The summed E-state index contributed by atoms with van der Waals surface area (Å²) in [6, 6.07) is 1.71. The van der Waals surface area contributed by atoms with Crippen LogP contribution < -0.4 is 5.56 Å². The summed E-state index contributed by atoms with van der Waals surface area (Å²) in [6.45, 7) is 4.86. The fraction of sp³-hybridized carbons (Fsp3) is 0.538. The highest BCUT2D eigenvalue weighted by molar-refractivity contribution is 9.10. The summed E-state index contributed by atoms with van der Waals surface area (Å²) in [5, 5.41) is 0. The van der Waals surface area contributed by atoms with Crippen LogP contribution in [0.3, 0.4) is 0 Å². The van der Waals surface area contributed by atoms with Crippen molar-refractivity contribution in [2.24, 2.45) is 0 Å². The van der Waals surface area contributed by atoms with Crippen molar-refractivity contribution in [1.82, 2.24) is 4.57 Å². The van der Waals surface area contributed by atoms with Gasteiger partial charge in [0.2, 0.25) is 0 Å². The monoisotopic (exact) mass is 331 g/mol. The maximum absolute atomic E-state index is 11.8. The van der Waals surface area contributed by atoms with Crippen molar-refractivity contribution < 1.29 is 14.3 Å². The SMILES string of the molecule is CCCOCCOC(=O)Cn1cc(Br)cc(C)c1=O. The molecule has 0 N–H and O–H groups in total. The highest BCUT2D eigenvalue weighted by Gasteiger charge is 2.08. The Labute approximate surface area is 120 Å². The molecule has 6 heteroatoms. The van der Waals surface area contributed by atoms with Gasteiger partial charge in [0, 0.05) is 22.8 Å². The first-order valence-corrected chi connectivity index (χ1v) is 6.94. The van der Waals surface area contributed by atoms with E-state index in [1.165, 1.54) is 4.57 Å². The molecule has 0 aliphatic rings. The van der Waals surface area contributed by atoms with Crippen molar-refractivity contribution in [3.63, 3.8) is 0 Å². The molecule has 0 saturated heterocycles. The summed E-state index contributed by atoms with van der Waals surface area (Å²) in [7, 11) is 0. The van der Waals surface area contributed by atoms with E-state index in [1.807, 2.05) is 6.92 Å². The van der Waals surface area contributed by atoms with Gasteiger partial charge in [0.15, 0.2) is 0 Å². The first-order valence-electron chi connectivity index (χ1n) is 6.14. The molecule has 0 aliphatic heterocycles. The summed E-state index contributed by atoms with van der Waals surface area (Å²) >= 11 is 3.29. The summed E-state index contributed by atoms with van der Waals surface area (Å²) < 4.78 is 12.3. The number of aryl methyl sites for hydroxylation is 1. The first kappa shape index (κ1) is 15.9. The fourth-order valence-electron chi connectivity index (χ4n) is 1.50.